The molecule has 2 saturated carbocycles. The van der Waals surface area contributed by atoms with Gasteiger partial charge in [0.2, 0.25) is 5.91 Å². The summed E-state index contributed by atoms with van der Waals surface area (Å²) in [7, 11) is 0. The zero-order valence-corrected chi connectivity index (χ0v) is 13.6. The summed E-state index contributed by atoms with van der Waals surface area (Å²) < 4.78 is 18.3. The molecule has 1 aromatic rings. The number of amides is 2. The van der Waals surface area contributed by atoms with E-state index in [2.05, 4.69) is 10.6 Å². The molecule has 1 aromatic carbocycles. The van der Waals surface area contributed by atoms with Gasteiger partial charge in [0.05, 0.1) is 0 Å². The first-order valence-electron chi connectivity index (χ1n) is 8.64. The van der Waals surface area contributed by atoms with Crippen LogP contribution in [0.4, 0.5) is 14.9 Å². The first-order chi connectivity index (χ1) is 11.6. The molecule has 0 aromatic heterocycles. The van der Waals surface area contributed by atoms with Crippen molar-refractivity contribution in [3.63, 3.8) is 0 Å². The highest BCUT2D eigenvalue weighted by Gasteiger charge is 2.30. The Morgan fingerprint density at radius 1 is 1.04 bits per heavy atom. The van der Waals surface area contributed by atoms with Crippen molar-refractivity contribution in [2.75, 3.05) is 5.32 Å². The van der Waals surface area contributed by atoms with Gasteiger partial charge in [0.1, 0.15) is 11.9 Å². The predicted octanol–water partition coefficient (Wildman–Crippen LogP) is 3.60. The molecular weight excluding hydrogens is 311 g/mol. The molecular formula is C18H23FN2O3. The van der Waals surface area contributed by atoms with Crippen LogP contribution in [0.3, 0.4) is 0 Å². The smallest absolute Gasteiger partial charge is 0.411 e. The molecule has 0 bridgehead atoms. The van der Waals surface area contributed by atoms with Gasteiger partial charge < -0.3 is 10.1 Å². The molecule has 6 heteroatoms. The largest absolute Gasteiger partial charge is 0.446 e. The molecule has 2 aliphatic rings. The Labute approximate surface area is 141 Å². The van der Waals surface area contributed by atoms with Crippen LogP contribution in [0.1, 0.15) is 44.9 Å². The van der Waals surface area contributed by atoms with Crippen LogP contribution in [0.5, 0.6) is 0 Å². The Morgan fingerprint density at radius 2 is 1.75 bits per heavy atom. The standard InChI is InChI=1S/C18H23FN2O3/c19-13-7-9-14(10-8-13)21-18(23)24-16-6-2-5-15(11-16)20-17(22)12-3-1-4-12/h7-10,12,15-16H,1-6,11H2,(H,20,22)(H,21,23)/t15-,16+/m0/s1. The van der Waals surface area contributed by atoms with E-state index in [-0.39, 0.29) is 29.8 Å². The molecule has 2 atom stereocenters. The molecule has 2 fully saturated rings. The Bertz CT molecular complexity index is 586. The molecule has 5 nitrogen and oxygen atoms in total. The molecule has 130 valence electrons. The summed E-state index contributed by atoms with van der Waals surface area (Å²) in [5, 5.41) is 5.68. The van der Waals surface area contributed by atoms with Crippen LogP contribution in [0.15, 0.2) is 24.3 Å². The van der Waals surface area contributed by atoms with E-state index in [1.165, 1.54) is 24.3 Å². The number of anilines is 1. The average molecular weight is 334 g/mol. The van der Waals surface area contributed by atoms with Crippen molar-refractivity contribution in [1.29, 1.82) is 0 Å². The fraction of sp³-hybridized carbons (Fsp3) is 0.556. The van der Waals surface area contributed by atoms with Crippen molar-refractivity contribution in [2.45, 2.75) is 57.1 Å². The average Bonchev–Trinajstić information content (AvgIpc) is 2.48. The maximum absolute atomic E-state index is 12.9. The Kier molecular flexibility index (Phi) is 5.33. The highest BCUT2D eigenvalue weighted by atomic mass is 19.1. The maximum atomic E-state index is 12.9. The zero-order chi connectivity index (χ0) is 16.9. The van der Waals surface area contributed by atoms with Crippen LogP contribution >= 0.6 is 0 Å². The summed E-state index contributed by atoms with van der Waals surface area (Å²) in [6, 6.07) is 5.61. The van der Waals surface area contributed by atoms with Crippen molar-refractivity contribution in [2.24, 2.45) is 5.92 Å². The number of hydrogen-bond acceptors (Lipinski definition) is 3. The van der Waals surface area contributed by atoms with Crippen LogP contribution in [0.25, 0.3) is 0 Å². The van der Waals surface area contributed by atoms with Crippen molar-refractivity contribution in [1.82, 2.24) is 5.32 Å². The second-order valence-electron chi connectivity index (χ2n) is 6.66. The van der Waals surface area contributed by atoms with Crippen LogP contribution in [-0.4, -0.2) is 24.1 Å². The molecule has 24 heavy (non-hydrogen) atoms. The van der Waals surface area contributed by atoms with Gasteiger partial charge in [-0.15, -0.1) is 0 Å². The first-order valence-corrected chi connectivity index (χ1v) is 8.64. The SMILES string of the molecule is O=C(Nc1ccc(F)cc1)O[C@@H]1CCC[C@H](NC(=O)C2CCC2)C1. The fourth-order valence-corrected chi connectivity index (χ4v) is 3.20. The van der Waals surface area contributed by atoms with E-state index < -0.39 is 6.09 Å². The molecule has 0 unspecified atom stereocenters. The maximum Gasteiger partial charge on any atom is 0.411 e. The minimum atomic E-state index is -0.544. The van der Waals surface area contributed by atoms with Gasteiger partial charge in [-0.3, -0.25) is 10.1 Å². The third-order valence-corrected chi connectivity index (χ3v) is 4.81. The van der Waals surface area contributed by atoms with Crippen molar-refractivity contribution >= 4 is 17.7 Å². The summed E-state index contributed by atoms with van der Waals surface area (Å²) in [6.45, 7) is 0. The molecule has 2 amide bonds. The number of carbonyl (C=O) groups excluding carboxylic acids is 2. The minimum Gasteiger partial charge on any atom is -0.446 e. The lowest BCUT2D eigenvalue weighted by Gasteiger charge is -2.32. The van der Waals surface area contributed by atoms with Gasteiger partial charge in [0.15, 0.2) is 0 Å². The van der Waals surface area contributed by atoms with E-state index in [4.69, 9.17) is 4.74 Å². The lowest BCUT2D eigenvalue weighted by atomic mass is 9.84. The summed E-state index contributed by atoms with van der Waals surface area (Å²) in [4.78, 5) is 24.0. The molecule has 2 N–H and O–H groups in total. The van der Waals surface area contributed by atoms with E-state index >= 15 is 0 Å². The summed E-state index contributed by atoms with van der Waals surface area (Å²) in [5.41, 5.74) is 0.493. The molecule has 0 spiro atoms. The number of benzene rings is 1. The normalized spacial score (nSPS) is 23.9. The second kappa shape index (κ2) is 7.64. The summed E-state index contributed by atoms with van der Waals surface area (Å²) in [6.07, 6.45) is 5.66. The van der Waals surface area contributed by atoms with Gasteiger partial charge in [0.25, 0.3) is 0 Å². The first kappa shape index (κ1) is 16.7. The minimum absolute atomic E-state index is 0.0791. The molecule has 2 aliphatic carbocycles. The Hall–Kier alpha value is -2.11. The van der Waals surface area contributed by atoms with Gasteiger partial charge in [0, 0.05) is 24.1 Å². The van der Waals surface area contributed by atoms with Crippen molar-refractivity contribution < 1.29 is 18.7 Å². The highest BCUT2D eigenvalue weighted by molar-refractivity contribution is 5.84. The van der Waals surface area contributed by atoms with E-state index in [1.807, 2.05) is 0 Å². The lowest BCUT2D eigenvalue weighted by molar-refractivity contribution is -0.128. The van der Waals surface area contributed by atoms with Crippen LogP contribution in [-0.2, 0) is 9.53 Å². The molecule has 0 radical (unpaired) electrons. The van der Waals surface area contributed by atoms with Crippen molar-refractivity contribution in [3.05, 3.63) is 30.1 Å². The summed E-state index contributed by atoms with van der Waals surface area (Å²) in [5.74, 6) is -0.0398. The topological polar surface area (TPSA) is 67.4 Å². The fourth-order valence-electron chi connectivity index (χ4n) is 3.20. The molecule has 0 aliphatic heterocycles. The van der Waals surface area contributed by atoms with E-state index in [0.29, 0.717) is 12.1 Å². The summed E-state index contributed by atoms with van der Waals surface area (Å²) >= 11 is 0. The number of halogens is 1. The van der Waals surface area contributed by atoms with Gasteiger partial charge >= 0.3 is 6.09 Å². The zero-order valence-electron chi connectivity index (χ0n) is 13.6. The van der Waals surface area contributed by atoms with Crippen LogP contribution in [0.2, 0.25) is 0 Å². The predicted molar refractivity (Wildman–Crippen MR) is 88.0 cm³/mol. The van der Waals surface area contributed by atoms with Crippen LogP contribution in [0, 0.1) is 11.7 Å². The van der Waals surface area contributed by atoms with E-state index in [0.717, 1.165) is 38.5 Å². The quantitative estimate of drug-likeness (QED) is 0.884. The molecule has 0 heterocycles. The van der Waals surface area contributed by atoms with Gasteiger partial charge in [-0.25, -0.2) is 9.18 Å². The van der Waals surface area contributed by atoms with Crippen LogP contribution < -0.4 is 10.6 Å². The van der Waals surface area contributed by atoms with E-state index in [9.17, 15) is 14.0 Å². The molecule has 0 saturated heterocycles. The number of rotatable bonds is 4. The van der Waals surface area contributed by atoms with Gasteiger partial charge in [-0.1, -0.05) is 6.42 Å². The Morgan fingerprint density at radius 3 is 2.42 bits per heavy atom. The van der Waals surface area contributed by atoms with Gasteiger partial charge in [-0.2, -0.15) is 0 Å². The third-order valence-electron chi connectivity index (χ3n) is 4.81. The number of carbonyl (C=O) groups is 2. The number of nitrogens with one attached hydrogen (secondary N) is 2. The monoisotopic (exact) mass is 334 g/mol. The number of hydrogen-bond donors (Lipinski definition) is 2. The highest BCUT2D eigenvalue weighted by Crippen LogP contribution is 2.28. The third kappa shape index (κ3) is 4.46. The number of ether oxygens (including phenoxy) is 1. The van der Waals surface area contributed by atoms with Crippen molar-refractivity contribution in [3.8, 4) is 0 Å². The Balaban J connectivity index is 1.44. The lowest BCUT2D eigenvalue weighted by Crippen LogP contribution is -2.44. The molecule has 3 rings (SSSR count). The van der Waals surface area contributed by atoms with E-state index in [1.54, 1.807) is 0 Å². The second-order valence-corrected chi connectivity index (χ2v) is 6.66. The van der Waals surface area contributed by atoms with Gasteiger partial charge in [-0.05, 0) is 56.4 Å².